The molecule has 0 radical (unpaired) electrons. The van der Waals surface area contributed by atoms with Crippen molar-refractivity contribution in [2.75, 3.05) is 33.7 Å². The van der Waals surface area contributed by atoms with Gasteiger partial charge in [-0.1, -0.05) is 30.3 Å². The number of halogens is 5. The Balaban J connectivity index is 1.77. The van der Waals surface area contributed by atoms with Gasteiger partial charge in [-0.25, -0.2) is 26.7 Å². The fraction of sp³-hybridized carbons (Fsp3) is 0.483. The molecule has 5 nitrogen and oxygen atoms in total. The van der Waals surface area contributed by atoms with Crippen molar-refractivity contribution < 1.29 is 26.7 Å². The highest BCUT2D eigenvalue weighted by Gasteiger charge is 2.47. The van der Waals surface area contributed by atoms with Gasteiger partial charge in [-0.05, 0) is 68.1 Å². The lowest BCUT2D eigenvalue weighted by Gasteiger charge is -2.44. The number of hydrogen-bond donors (Lipinski definition) is 1. The van der Waals surface area contributed by atoms with E-state index in [1.165, 1.54) is 9.80 Å². The minimum Gasteiger partial charge on any atom is -0.323 e. The number of nitrogens with two attached hydrogens (primary N) is 1. The van der Waals surface area contributed by atoms with E-state index in [-0.39, 0.29) is 37.9 Å². The summed E-state index contributed by atoms with van der Waals surface area (Å²) >= 11 is 0. The molecule has 3 unspecified atom stereocenters. The van der Waals surface area contributed by atoms with Crippen LogP contribution in [0, 0.1) is 11.6 Å². The largest absolute Gasteiger partial charge is 0.323 e. The van der Waals surface area contributed by atoms with Gasteiger partial charge in [-0.15, -0.1) is 0 Å². The van der Waals surface area contributed by atoms with Crippen LogP contribution in [0.4, 0.5) is 26.7 Å². The highest BCUT2D eigenvalue weighted by molar-refractivity contribution is 5.83. The molecular formula is C29H35F5N4O. The normalized spacial score (nSPS) is 24.6. The Hall–Kier alpha value is -2.98. The second-order valence-electron chi connectivity index (χ2n) is 10.6. The van der Waals surface area contributed by atoms with Crippen molar-refractivity contribution in [2.45, 2.75) is 55.9 Å². The van der Waals surface area contributed by atoms with Crippen LogP contribution in [0.15, 0.2) is 54.6 Å². The standard InChI is InChI=1S/C29H35F5N4O/c1-36-14-12-26(24(32)18-36)37(2)28(39)38-17-19(22-15-21(30)10-11-23(22)31)16-29(38,20-7-4-3-5-8-20)13-6-9-25(35)27(33)34/h3-5,7-8,10-11,15-16,24-27H,6,9,12-14,17-18,35H2,1-2H3/t24?,25?,26?,29-/m0/s1. The van der Waals surface area contributed by atoms with Gasteiger partial charge in [0.1, 0.15) is 17.8 Å². The van der Waals surface area contributed by atoms with E-state index in [9.17, 15) is 22.4 Å². The summed E-state index contributed by atoms with van der Waals surface area (Å²) in [5.41, 5.74) is 5.53. The quantitative estimate of drug-likeness (QED) is 0.447. The van der Waals surface area contributed by atoms with Crippen LogP contribution in [0.2, 0.25) is 0 Å². The third-order valence-electron chi connectivity index (χ3n) is 7.93. The Labute approximate surface area is 226 Å². The molecule has 0 spiro atoms. The van der Waals surface area contributed by atoms with Gasteiger partial charge in [0.25, 0.3) is 6.43 Å². The first kappa shape index (κ1) is 29.0. The van der Waals surface area contributed by atoms with Gasteiger partial charge in [0.15, 0.2) is 0 Å². The third-order valence-corrected chi connectivity index (χ3v) is 7.93. The molecular weight excluding hydrogens is 515 g/mol. The average Bonchev–Trinajstić information content (AvgIpc) is 3.30. The summed E-state index contributed by atoms with van der Waals surface area (Å²) in [5.74, 6) is -1.28. The van der Waals surface area contributed by atoms with Crippen molar-refractivity contribution in [3.63, 3.8) is 0 Å². The molecule has 2 aliphatic rings. The van der Waals surface area contributed by atoms with Crippen molar-refractivity contribution in [3.05, 3.63) is 77.4 Å². The number of likely N-dealkylation sites (tertiary alicyclic amines) is 1. The summed E-state index contributed by atoms with van der Waals surface area (Å²) in [5, 5.41) is 0. The topological polar surface area (TPSA) is 52.8 Å². The first-order chi connectivity index (χ1) is 18.5. The van der Waals surface area contributed by atoms with Gasteiger partial charge in [-0.3, -0.25) is 0 Å². The Morgan fingerprint density at radius 1 is 1.18 bits per heavy atom. The molecule has 4 rings (SSSR count). The summed E-state index contributed by atoms with van der Waals surface area (Å²) in [6.45, 7) is 0.745. The minimum absolute atomic E-state index is 0.00311. The lowest BCUT2D eigenvalue weighted by Crippen LogP contribution is -2.57. The van der Waals surface area contributed by atoms with Gasteiger partial charge in [0.2, 0.25) is 0 Å². The number of alkyl halides is 3. The van der Waals surface area contributed by atoms with Crippen LogP contribution in [-0.2, 0) is 5.54 Å². The van der Waals surface area contributed by atoms with Gasteiger partial charge in [-0.2, -0.15) is 0 Å². The van der Waals surface area contributed by atoms with E-state index in [4.69, 9.17) is 5.73 Å². The Morgan fingerprint density at radius 3 is 2.56 bits per heavy atom. The van der Waals surface area contributed by atoms with Crippen molar-refractivity contribution in [1.82, 2.24) is 14.7 Å². The summed E-state index contributed by atoms with van der Waals surface area (Å²) < 4.78 is 70.5. The molecule has 2 amide bonds. The predicted molar refractivity (Wildman–Crippen MR) is 141 cm³/mol. The molecule has 2 N–H and O–H groups in total. The van der Waals surface area contributed by atoms with Gasteiger partial charge in [0, 0.05) is 32.2 Å². The highest BCUT2D eigenvalue weighted by Crippen LogP contribution is 2.45. The van der Waals surface area contributed by atoms with Crippen LogP contribution in [0.1, 0.15) is 36.8 Å². The first-order valence-corrected chi connectivity index (χ1v) is 13.2. The maximum atomic E-state index is 15.1. The molecule has 2 heterocycles. The van der Waals surface area contributed by atoms with Crippen LogP contribution in [-0.4, -0.2) is 79.1 Å². The minimum atomic E-state index is -2.69. The SMILES string of the molecule is CN1CCC(N(C)C(=O)N2CC(c3cc(F)ccc3F)=C[C@@]2(CCCC(N)C(F)F)c2ccccc2)C(F)C1. The zero-order valence-corrected chi connectivity index (χ0v) is 22.2. The van der Waals surface area contributed by atoms with Crippen LogP contribution in [0.5, 0.6) is 0 Å². The Morgan fingerprint density at radius 2 is 1.90 bits per heavy atom. The van der Waals surface area contributed by atoms with Crippen LogP contribution in [0.3, 0.4) is 0 Å². The van der Waals surface area contributed by atoms with Crippen molar-refractivity contribution in [2.24, 2.45) is 5.73 Å². The van der Waals surface area contributed by atoms with Crippen molar-refractivity contribution in [3.8, 4) is 0 Å². The number of rotatable bonds is 8. The van der Waals surface area contributed by atoms with Crippen LogP contribution >= 0.6 is 0 Å². The average molecular weight is 551 g/mol. The van der Waals surface area contributed by atoms with E-state index in [0.29, 0.717) is 24.1 Å². The molecule has 10 heteroatoms. The fourth-order valence-electron chi connectivity index (χ4n) is 5.73. The molecule has 2 aliphatic heterocycles. The number of urea groups is 1. The maximum absolute atomic E-state index is 15.1. The van der Waals surface area contributed by atoms with Crippen molar-refractivity contribution in [1.29, 1.82) is 0 Å². The number of piperidine rings is 1. The van der Waals surface area contributed by atoms with Gasteiger partial charge >= 0.3 is 6.03 Å². The molecule has 2 aromatic carbocycles. The first-order valence-electron chi connectivity index (χ1n) is 13.2. The highest BCUT2D eigenvalue weighted by atomic mass is 19.3. The zero-order chi connectivity index (χ0) is 28.3. The number of carbonyl (C=O) groups is 1. The molecule has 0 aromatic heterocycles. The van der Waals surface area contributed by atoms with E-state index >= 15 is 4.39 Å². The summed E-state index contributed by atoms with van der Waals surface area (Å²) in [4.78, 5) is 18.9. The molecule has 1 fully saturated rings. The molecule has 0 saturated carbocycles. The van der Waals surface area contributed by atoms with Crippen LogP contribution < -0.4 is 5.73 Å². The van der Waals surface area contributed by atoms with E-state index in [1.807, 2.05) is 24.1 Å². The molecule has 0 aliphatic carbocycles. The van der Waals surface area contributed by atoms with E-state index in [1.54, 1.807) is 31.3 Å². The Kier molecular flexibility index (Phi) is 8.96. The lowest BCUT2D eigenvalue weighted by molar-refractivity contribution is 0.0500. The smallest absolute Gasteiger partial charge is 0.321 e. The number of benzene rings is 2. The molecule has 1 saturated heterocycles. The summed E-state index contributed by atoms with van der Waals surface area (Å²) in [6, 6.07) is 9.65. The van der Waals surface area contributed by atoms with Gasteiger partial charge in [0.05, 0.1) is 17.6 Å². The van der Waals surface area contributed by atoms with Gasteiger partial charge < -0.3 is 20.4 Å². The number of carbonyl (C=O) groups excluding carboxylic acids is 1. The summed E-state index contributed by atoms with van der Waals surface area (Å²) in [7, 11) is 3.37. The van der Waals surface area contributed by atoms with E-state index in [0.717, 1.165) is 18.2 Å². The monoisotopic (exact) mass is 550 g/mol. The molecule has 39 heavy (non-hydrogen) atoms. The lowest BCUT2D eigenvalue weighted by atomic mass is 9.83. The van der Waals surface area contributed by atoms with E-state index < -0.39 is 47.9 Å². The fourth-order valence-corrected chi connectivity index (χ4v) is 5.73. The third kappa shape index (κ3) is 6.11. The number of nitrogens with zero attached hydrogens (tertiary/aromatic N) is 3. The Bertz CT molecular complexity index is 1180. The number of hydrogen-bond acceptors (Lipinski definition) is 3. The second-order valence-corrected chi connectivity index (χ2v) is 10.6. The van der Waals surface area contributed by atoms with E-state index in [2.05, 4.69) is 0 Å². The molecule has 4 atom stereocenters. The second kappa shape index (κ2) is 12.0. The molecule has 2 aromatic rings. The predicted octanol–water partition coefficient (Wildman–Crippen LogP) is 5.42. The molecule has 212 valence electrons. The number of amides is 2. The zero-order valence-electron chi connectivity index (χ0n) is 22.2. The van der Waals surface area contributed by atoms with Crippen LogP contribution in [0.25, 0.3) is 5.57 Å². The summed E-state index contributed by atoms with van der Waals surface area (Å²) in [6.07, 6.45) is -1.33. The molecule has 0 bridgehead atoms. The maximum Gasteiger partial charge on any atom is 0.321 e. The van der Waals surface area contributed by atoms with Crippen molar-refractivity contribution >= 4 is 11.6 Å².